The number of benzene rings is 1. The van der Waals surface area contributed by atoms with Gasteiger partial charge < -0.3 is 23.7 Å². The molecule has 0 N–H and O–H groups in total. The molecule has 22 heavy (non-hydrogen) atoms. The van der Waals surface area contributed by atoms with Gasteiger partial charge in [0, 0.05) is 7.11 Å². The Hall–Kier alpha value is -0.980. The van der Waals surface area contributed by atoms with Gasteiger partial charge in [0.05, 0.1) is 19.3 Å². The molecule has 0 aromatic heterocycles. The highest BCUT2D eigenvalue weighted by atomic mass is 16.8. The summed E-state index contributed by atoms with van der Waals surface area (Å²) in [7, 11) is 1.60. The highest BCUT2D eigenvalue weighted by Crippen LogP contribution is 2.31. The quantitative estimate of drug-likeness (QED) is 0.691. The molecular weight excluding hydrogens is 284 g/mol. The molecule has 1 saturated heterocycles. The lowest BCUT2D eigenvalue weighted by atomic mass is 10.1. The molecule has 0 spiro atoms. The molecule has 5 heteroatoms. The van der Waals surface area contributed by atoms with Crippen molar-refractivity contribution in [2.45, 2.75) is 51.5 Å². The molecular formula is C17H26O5. The van der Waals surface area contributed by atoms with Crippen molar-refractivity contribution in [2.75, 3.05) is 20.5 Å². The smallest absolute Gasteiger partial charge is 0.164 e. The summed E-state index contributed by atoms with van der Waals surface area (Å²) in [6.45, 7) is 7.02. The van der Waals surface area contributed by atoms with Crippen LogP contribution >= 0.6 is 0 Å². The van der Waals surface area contributed by atoms with Gasteiger partial charge in [-0.25, -0.2) is 0 Å². The van der Waals surface area contributed by atoms with Crippen LogP contribution in [0.3, 0.4) is 0 Å². The van der Waals surface area contributed by atoms with Crippen LogP contribution in [-0.4, -0.2) is 44.6 Å². The molecule has 1 aromatic carbocycles. The minimum Gasteiger partial charge on any atom is -0.374 e. The Morgan fingerprint density at radius 3 is 2.59 bits per heavy atom. The van der Waals surface area contributed by atoms with E-state index in [0.717, 1.165) is 5.56 Å². The van der Waals surface area contributed by atoms with Gasteiger partial charge in [0.15, 0.2) is 5.79 Å². The van der Waals surface area contributed by atoms with Gasteiger partial charge >= 0.3 is 0 Å². The third-order valence-electron chi connectivity index (χ3n) is 3.53. The SMILES string of the molecule is COCO[C@@H](C)[C@@H]1OC(C)(C)O[C@H]1COCc1ccccc1. The summed E-state index contributed by atoms with van der Waals surface area (Å²) in [5.74, 6) is -0.629. The molecule has 0 radical (unpaired) electrons. The van der Waals surface area contributed by atoms with Crippen molar-refractivity contribution < 1.29 is 23.7 Å². The fraction of sp³-hybridized carbons (Fsp3) is 0.647. The van der Waals surface area contributed by atoms with Gasteiger partial charge in [-0.05, 0) is 26.3 Å². The van der Waals surface area contributed by atoms with Crippen LogP contribution in [0.25, 0.3) is 0 Å². The molecule has 0 aliphatic carbocycles. The predicted molar refractivity (Wildman–Crippen MR) is 82.3 cm³/mol. The Balaban J connectivity index is 1.86. The first-order valence-corrected chi connectivity index (χ1v) is 7.59. The zero-order valence-corrected chi connectivity index (χ0v) is 13.8. The lowest BCUT2D eigenvalue weighted by molar-refractivity contribution is -0.168. The van der Waals surface area contributed by atoms with E-state index in [0.29, 0.717) is 13.2 Å². The normalized spacial score (nSPS) is 25.3. The molecule has 0 saturated carbocycles. The number of hydrogen-bond donors (Lipinski definition) is 0. The van der Waals surface area contributed by atoms with E-state index in [2.05, 4.69) is 0 Å². The fourth-order valence-electron chi connectivity index (χ4n) is 2.53. The molecule has 124 valence electrons. The Kier molecular flexibility index (Phi) is 6.35. The minimum atomic E-state index is -0.629. The van der Waals surface area contributed by atoms with E-state index in [4.69, 9.17) is 23.7 Å². The van der Waals surface area contributed by atoms with Gasteiger partial charge in [0.1, 0.15) is 19.0 Å². The fourth-order valence-corrected chi connectivity index (χ4v) is 2.53. The number of ether oxygens (including phenoxy) is 5. The molecule has 1 heterocycles. The van der Waals surface area contributed by atoms with Gasteiger partial charge in [0.2, 0.25) is 0 Å². The maximum absolute atomic E-state index is 5.94. The molecule has 1 aromatic rings. The zero-order valence-electron chi connectivity index (χ0n) is 13.8. The van der Waals surface area contributed by atoms with E-state index in [1.807, 2.05) is 51.1 Å². The standard InChI is InChI=1S/C17H26O5/c1-13(20-12-18-4)16-15(21-17(2,3)22-16)11-19-10-14-8-6-5-7-9-14/h5-9,13,15-16H,10-12H2,1-4H3/t13-,15-,16-/m0/s1. The first-order chi connectivity index (χ1) is 10.5. The zero-order chi connectivity index (χ0) is 16.0. The number of hydrogen-bond acceptors (Lipinski definition) is 5. The molecule has 5 nitrogen and oxygen atoms in total. The van der Waals surface area contributed by atoms with Crippen molar-refractivity contribution in [2.24, 2.45) is 0 Å². The summed E-state index contributed by atoms with van der Waals surface area (Å²) in [6, 6.07) is 10.1. The van der Waals surface area contributed by atoms with Gasteiger partial charge in [-0.3, -0.25) is 0 Å². The number of rotatable bonds is 8. The third-order valence-corrected chi connectivity index (χ3v) is 3.53. The predicted octanol–water partition coefficient (Wildman–Crippen LogP) is 2.73. The Labute approximate surface area is 132 Å². The Morgan fingerprint density at radius 1 is 1.18 bits per heavy atom. The molecule has 0 amide bonds. The lowest BCUT2D eigenvalue weighted by Gasteiger charge is -2.23. The van der Waals surface area contributed by atoms with Crippen LogP contribution in [0.1, 0.15) is 26.3 Å². The van der Waals surface area contributed by atoms with Crippen molar-refractivity contribution in [3.63, 3.8) is 0 Å². The van der Waals surface area contributed by atoms with E-state index in [1.165, 1.54) is 0 Å². The van der Waals surface area contributed by atoms with Gasteiger partial charge in [0.25, 0.3) is 0 Å². The molecule has 0 bridgehead atoms. The van der Waals surface area contributed by atoms with Crippen LogP contribution in [0.4, 0.5) is 0 Å². The average molecular weight is 310 g/mol. The molecule has 2 rings (SSSR count). The second kappa shape index (κ2) is 8.04. The van der Waals surface area contributed by atoms with Crippen LogP contribution in [0.5, 0.6) is 0 Å². The van der Waals surface area contributed by atoms with Crippen molar-refractivity contribution in [3.05, 3.63) is 35.9 Å². The van der Waals surface area contributed by atoms with Crippen LogP contribution in [0.15, 0.2) is 30.3 Å². The van der Waals surface area contributed by atoms with Crippen LogP contribution in [0, 0.1) is 0 Å². The summed E-state index contributed by atoms with van der Waals surface area (Å²) >= 11 is 0. The Morgan fingerprint density at radius 2 is 1.91 bits per heavy atom. The number of methoxy groups -OCH3 is 1. The molecule has 3 atom stereocenters. The van der Waals surface area contributed by atoms with Crippen LogP contribution in [0.2, 0.25) is 0 Å². The van der Waals surface area contributed by atoms with E-state index in [-0.39, 0.29) is 25.1 Å². The maximum Gasteiger partial charge on any atom is 0.164 e. The van der Waals surface area contributed by atoms with Crippen LogP contribution in [-0.2, 0) is 30.3 Å². The average Bonchev–Trinajstić information content (AvgIpc) is 2.81. The lowest BCUT2D eigenvalue weighted by Crippen LogP contribution is -2.38. The summed E-state index contributed by atoms with van der Waals surface area (Å²) in [5.41, 5.74) is 1.14. The largest absolute Gasteiger partial charge is 0.374 e. The van der Waals surface area contributed by atoms with Gasteiger partial charge in [-0.2, -0.15) is 0 Å². The molecule has 1 aliphatic heterocycles. The van der Waals surface area contributed by atoms with Gasteiger partial charge in [-0.15, -0.1) is 0 Å². The molecule has 1 fully saturated rings. The summed E-state index contributed by atoms with van der Waals surface area (Å²) < 4.78 is 28.2. The van der Waals surface area contributed by atoms with E-state index < -0.39 is 5.79 Å². The van der Waals surface area contributed by atoms with Crippen molar-refractivity contribution in [3.8, 4) is 0 Å². The topological polar surface area (TPSA) is 46.2 Å². The van der Waals surface area contributed by atoms with Crippen molar-refractivity contribution in [1.82, 2.24) is 0 Å². The first-order valence-electron chi connectivity index (χ1n) is 7.59. The monoisotopic (exact) mass is 310 g/mol. The van der Waals surface area contributed by atoms with Crippen LogP contribution < -0.4 is 0 Å². The third kappa shape index (κ3) is 5.04. The Bertz CT molecular complexity index is 434. The minimum absolute atomic E-state index is 0.132. The first kappa shape index (κ1) is 17.4. The maximum atomic E-state index is 5.94. The summed E-state index contributed by atoms with van der Waals surface area (Å²) in [5, 5.41) is 0. The van der Waals surface area contributed by atoms with Gasteiger partial charge in [-0.1, -0.05) is 30.3 Å². The van der Waals surface area contributed by atoms with E-state index >= 15 is 0 Å². The highest BCUT2D eigenvalue weighted by Gasteiger charge is 2.44. The van der Waals surface area contributed by atoms with Crippen molar-refractivity contribution in [1.29, 1.82) is 0 Å². The second-order valence-corrected chi connectivity index (χ2v) is 5.92. The summed E-state index contributed by atoms with van der Waals surface area (Å²) in [6.07, 6.45) is -0.474. The highest BCUT2D eigenvalue weighted by molar-refractivity contribution is 5.13. The van der Waals surface area contributed by atoms with Crippen molar-refractivity contribution >= 4 is 0 Å². The second-order valence-electron chi connectivity index (χ2n) is 5.92. The summed E-state index contributed by atoms with van der Waals surface area (Å²) in [4.78, 5) is 0. The van der Waals surface area contributed by atoms with E-state index in [9.17, 15) is 0 Å². The molecule has 0 unspecified atom stereocenters. The van der Waals surface area contributed by atoms with E-state index in [1.54, 1.807) is 7.11 Å². The molecule has 1 aliphatic rings.